The average molecular weight is 421 g/mol. The van der Waals surface area contributed by atoms with Crippen molar-refractivity contribution in [2.45, 2.75) is 6.92 Å². The number of benzene rings is 2. The van der Waals surface area contributed by atoms with Gasteiger partial charge in [-0.25, -0.2) is 12.8 Å². The molecule has 0 atom stereocenters. The summed E-state index contributed by atoms with van der Waals surface area (Å²) in [5.41, 5.74) is 0.215. The van der Waals surface area contributed by atoms with Gasteiger partial charge in [-0.3, -0.25) is 9.52 Å². The zero-order chi connectivity index (χ0) is 17.2. The minimum atomic E-state index is -3.61. The van der Waals surface area contributed by atoms with Crippen LogP contribution in [0.2, 0.25) is 5.02 Å². The fourth-order valence-corrected chi connectivity index (χ4v) is 3.08. The van der Waals surface area contributed by atoms with Crippen LogP contribution >= 0.6 is 27.5 Å². The van der Waals surface area contributed by atoms with Crippen molar-refractivity contribution in [2.75, 3.05) is 10.5 Å². The smallest absolute Gasteiger partial charge is 0.232 e. The van der Waals surface area contributed by atoms with E-state index in [2.05, 4.69) is 20.7 Å². The molecule has 4 nitrogen and oxygen atoms in total. The lowest BCUT2D eigenvalue weighted by molar-refractivity contribution is 0.103. The Morgan fingerprint density at radius 2 is 1.87 bits per heavy atom. The van der Waals surface area contributed by atoms with Gasteiger partial charge in [-0.1, -0.05) is 11.6 Å². The molecule has 0 spiro atoms. The largest absolute Gasteiger partial charge is 0.289 e. The number of carbonyl (C=O) groups excluding carboxylic acids is 1. The number of carbonyl (C=O) groups is 1. The summed E-state index contributed by atoms with van der Waals surface area (Å²) in [5, 5.41) is 0.483. The van der Waals surface area contributed by atoms with Gasteiger partial charge in [0, 0.05) is 20.6 Å². The highest BCUT2D eigenvalue weighted by Gasteiger charge is 2.18. The van der Waals surface area contributed by atoms with Gasteiger partial charge in [-0.15, -0.1) is 0 Å². The minimum Gasteiger partial charge on any atom is -0.289 e. The molecule has 8 heteroatoms. The molecule has 2 aromatic carbocycles. The molecule has 0 saturated heterocycles. The van der Waals surface area contributed by atoms with E-state index in [1.807, 2.05) is 0 Å². The zero-order valence-corrected chi connectivity index (χ0v) is 15.1. The number of nitrogens with one attached hydrogen (secondary N) is 1. The number of sulfonamides is 1. The number of hydrogen-bond donors (Lipinski definition) is 1. The summed E-state index contributed by atoms with van der Waals surface area (Å²) in [6.07, 6.45) is 0. The molecular weight excluding hydrogens is 409 g/mol. The molecule has 0 radical (unpaired) electrons. The number of ketones is 1. The van der Waals surface area contributed by atoms with Crippen molar-refractivity contribution in [3.05, 3.63) is 62.8 Å². The Kier molecular flexibility index (Phi) is 5.44. The van der Waals surface area contributed by atoms with Gasteiger partial charge in [0.2, 0.25) is 10.0 Å². The molecule has 0 aliphatic rings. The predicted octanol–water partition coefficient (Wildman–Crippen LogP) is 4.23. The lowest BCUT2D eigenvalue weighted by atomic mass is 10.0. The van der Waals surface area contributed by atoms with Crippen LogP contribution in [0.3, 0.4) is 0 Å². The maximum absolute atomic E-state index is 14.1. The Bertz CT molecular complexity index is 854. The molecule has 0 heterocycles. The molecule has 1 N–H and O–H groups in total. The van der Waals surface area contributed by atoms with E-state index in [0.29, 0.717) is 10.6 Å². The molecule has 0 amide bonds. The topological polar surface area (TPSA) is 63.2 Å². The van der Waals surface area contributed by atoms with Gasteiger partial charge < -0.3 is 0 Å². The lowest BCUT2D eigenvalue weighted by Crippen LogP contribution is -2.16. The van der Waals surface area contributed by atoms with Crippen LogP contribution in [0, 0.1) is 5.82 Å². The first kappa shape index (κ1) is 17.9. The molecule has 23 heavy (non-hydrogen) atoms. The van der Waals surface area contributed by atoms with E-state index >= 15 is 0 Å². The van der Waals surface area contributed by atoms with Crippen molar-refractivity contribution in [3.8, 4) is 0 Å². The Morgan fingerprint density at radius 1 is 1.26 bits per heavy atom. The van der Waals surface area contributed by atoms with E-state index in [-0.39, 0.29) is 21.5 Å². The monoisotopic (exact) mass is 419 g/mol. The van der Waals surface area contributed by atoms with Gasteiger partial charge in [-0.2, -0.15) is 0 Å². The summed E-state index contributed by atoms with van der Waals surface area (Å²) in [5.74, 6) is -1.42. The number of anilines is 1. The molecule has 0 fully saturated rings. The highest BCUT2D eigenvalue weighted by Crippen LogP contribution is 2.28. The summed E-state index contributed by atoms with van der Waals surface area (Å²) in [6, 6.07) is 8.40. The molecular formula is C15H12BrClFNO3S. The molecule has 0 unspecified atom stereocenters. The standard InChI is InChI=1S/C15H12BrClFNO3S/c1-2-23(21,22)19-14-8-12(16)11(7-13(14)18)15(20)9-3-5-10(17)6-4-9/h3-8,19H,2H2,1H3. The Morgan fingerprint density at radius 3 is 2.43 bits per heavy atom. The van der Waals surface area contributed by atoms with Crippen molar-refractivity contribution in [1.29, 1.82) is 0 Å². The van der Waals surface area contributed by atoms with Crippen molar-refractivity contribution < 1.29 is 17.6 Å². The van der Waals surface area contributed by atoms with E-state index in [0.717, 1.165) is 6.07 Å². The van der Waals surface area contributed by atoms with Gasteiger partial charge in [0.1, 0.15) is 5.82 Å². The molecule has 0 aromatic heterocycles. The second kappa shape index (κ2) is 6.98. The maximum Gasteiger partial charge on any atom is 0.232 e. The fourth-order valence-electron chi connectivity index (χ4n) is 1.80. The molecule has 0 aliphatic carbocycles. The minimum absolute atomic E-state index is 0.0873. The average Bonchev–Trinajstić information content (AvgIpc) is 2.50. The summed E-state index contributed by atoms with van der Waals surface area (Å²) in [7, 11) is -3.61. The molecule has 2 aromatic rings. The first-order valence-electron chi connectivity index (χ1n) is 6.53. The van der Waals surface area contributed by atoms with Crippen LogP contribution in [-0.2, 0) is 10.0 Å². The second-order valence-corrected chi connectivity index (χ2v) is 7.96. The normalized spacial score (nSPS) is 11.3. The van der Waals surface area contributed by atoms with Crippen LogP contribution in [0.15, 0.2) is 40.9 Å². The van der Waals surface area contributed by atoms with E-state index in [1.54, 1.807) is 12.1 Å². The van der Waals surface area contributed by atoms with Gasteiger partial charge in [0.25, 0.3) is 0 Å². The summed E-state index contributed by atoms with van der Waals surface area (Å²) in [4.78, 5) is 12.4. The Labute approximate surface area is 146 Å². The second-order valence-electron chi connectivity index (χ2n) is 4.65. The number of hydrogen-bond acceptors (Lipinski definition) is 3. The van der Waals surface area contributed by atoms with E-state index in [1.165, 1.54) is 25.1 Å². The predicted molar refractivity (Wildman–Crippen MR) is 92.1 cm³/mol. The lowest BCUT2D eigenvalue weighted by Gasteiger charge is -2.10. The maximum atomic E-state index is 14.1. The van der Waals surface area contributed by atoms with Crippen molar-refractivity contribution in [3.63, 3.8) is 0 Å². The summed E-state index contributed by atoms with van der Waals surface area (Å²) < 4.78 is 39.6. The summed E-state index contributed by atoms with van der Waals surface area (Å²) >= 11 is 8.94. The van der Waals surface area contributed by atoms with Crippen LogP contribution in [-0.4, -0.2) is 20.0 Å². The highest BCUT2D eigenvalue weighted by molar-refractivity contribution is 9.10. The third-order valence-electron chi connectivity index (χ3n) is 3.05. The van der Waals surface area contributed by atoms with Crippen LogP contribution in [0.5, 0.6) is 0 Å². The first-order chi connectivity index (χ1) is 10.7. The van der Waals surface area contributed by atoms with Crippen LogP contribution < -0.4 is 4.72 Å². The third-order valence-corrected chi connectivity index (χ3v) is 5.25. The SMILES string of the molecule is CCS(=O)(=O)Nc1cc(Br)c(C(=O)c2ccc(Cl)cc2)cc1F. The van der Waals surface area contributed by atoms with Crippen LogP contribution in [0.25, 0.3) is 0 Å². The third kappa shape index (κ3) is 4.31. The molecule has 0 saturated carbocycles. The van der Waals surface area contributed by atoms with Crippen molar-refractivity contribution >= 4 is 49.0 Å². The van der Waals surface area contributed by atoms with Gasteiger partial charge in [0.15, 0.2) is 5.78 Å². The first-order valence-corrected chi connectivity index (χ1v) is 9.35. The highest BCUT2D eigenvalue weighted by atomic mass is 79.9. The van der Waals surface area contributed by atoms with E-state index in [9.17, 15) is 17.6 Å². The Hall–Kier alpha value is -1.44. The molecule has 0 aliphatic heterocycles. The van der Waals surface area contributed by atoms with Crippen molar-refractivity contribution in [2.24, 2.45) is 0 Å². The van der Waals surface area contributed by atoms with Crippen LogP contribution in [0.4, 0.5) is 10.1 Å². The van der Waals surface area contributed by atoms with Gasteiger partial charge >= 0.3 is 0 Å². The number of halogens is 3. The van der Waals surface area contributed by atoms with Gasteiger partial charge in [-0.05, 0) is 59.3 Å². The fraction of sp³-hybridized carbons (Fsp3) is 0.133. The summed E-state index contributed by atoms with van der Waals surface area (Å²) in [6.45, 7) is 1.44. The molecule has 122 valence electrons. The zero-order valence-electron chi connectivity index (χ0n) is 11.9. The number of rotatable bonds is 5. The quantitative estimate of drug-likeness (QED) is 0.736. The van der Waals surface area contributed by atoms with E-state index < -0.39 is 21.6 Å². The van der Waals surface area contributed by atoms with Crippen LogP contribution in [0.1, 0.15) is 22.8 Å². The Balaban J connectivity index is 2.40. The van der Waals surface area contributed by atoms with E-state index in [4.69, 9.17) is 11.6 Å². The van der Waals surface area contributed by atoms with Crippen molar-refractivity contribution in [1.82, 2.24) is 0 Å². The van der Waals surface area contributed by atoms with Gasteiger partial charge in [0.05, 0.1) is 11.4 Å². The molecule has 0 bridgehead atoms. The molecule has 2 rings (SSSR count).